The van der Waals surface area contributed by atoms with Gasteiger partial charge in [-0.1, -0.05) is 152 Å². The fraction of sp³-hybridized carbons (Fsp3) is 0.0227. The number of aliphatic imine (C=N–C) groups is 1. The molecule has 0 saturated heterocycles. The number of thiophene rings is 1. The molecule has 0 spiro atoms. The van der Waals surface area contributed by atoms with E-state index in [2.05, 4.69) is 169 Å². The highest BCUT2D eigenvalue weighted by molar-refractivity contribution is 7.79. The van der Waals surface area contributed by atoms with E-state index in [9.17, 15) is 0 Å². The molecule has 48 heavy (non-hydrogen) atoms. The Kier molecular flexibility index (Phi) is 6.43. The molecular formula is C44H29N2PS. The van der Waals surface area contributed by atoms with Gasteiger partial charge in [-0.25, -0.2) is 4.99 Å². The molecule has 7 aromatic carbocycles. The Morgan fingerprint density at radius 3 is 1.90 bits per heavy atom. The number of hydrogen-bond donors (Lipinski definition) is 1. The molecule has 1 atom stereocenters. The molecule has 1 unspecified atom stereocenters. The van der Waals surface area contributed by atoms with Gasteiger partial charge in [-0.3, -0.25) is 0 Å². The topological polar surface area (TPSA) is 24.4 Å². The maximum absolute atomic E-state index is 5.48. The van der Waals surface area contributed by atoms with Crippen LogP contribution in [0.25, 0.3) is 42.3 Å². The minimum atomic E-state index is -0.670. The molecule has 1 N–H and O–H groups in total. The number of fused-ring (bicyclic) bond motifs is 6. The molecule has 8 aromatic rings. The number of nitrogens with one attached hydrogen (secondary N) is 1. The Bertz CT molecular complexity index is 2530. The summed E-state index contributed by atoms with van der Waals surface area (Å²) in [5.74, 6) is 0. The summed E-state index contributed by atoms with van der Waals surface area (Å²) in [5.41, 5.74) is 8.04. The molecule has 0 bridgehead atoms. The Morgan fingerprint density at radius 1 is 0.521 bits per heavy atom. The van der Waals surface area contributed by atoms with Gasteiger partial charge in [0.25, 0.3) is 0 Å². The quantitative estimate of drug-likeness (QED) is 0.185. The van der Waals surface area contributed by atoms with Gasteiger partial charge in [-0.15, -0.1) is 11.3 Å². The fourth-order valence-corrected chi connectivity index (χ4v) is 11.1. The van der Waals surface area contributed by atoms with Gasteiger partial charge in [0.15, 0.2) is 0 Å². The van der Waals surface area contributed by atoms with Crippen LogP contribution in [0.1, 0.15) is 28.3 Å². The molecule has 2 heterocycles. The average molecular weight is 649 g/mol. The summed E-state index contributed by atoms with van der Waals surface area (Å²) in [5, 5.41) is 13.4. The lowest BCUT2D eigenvalue weighted by molar-refractivity contribution is 0.804. The Morgan fingerprint density at radius 2 is 1.19 bits per heavy atom. The normalized spacial score (nSPS) is 15.3. The van der Waals surface area contributed by atoms with Crippen molar-refractivity contribution < 1.29 is 0 Å². The van der Waals surface area contributed by atoms with Crippen molar-refractivity contribution in [3.05, 3.63) is 186 Å². The average Bonchev–Trinajstić information content (AvgIpc) is 3.68. The van der Waals surface area contributed by atoms with Crippen LogP contribution < -0.4 is 21.2 Å². The highest BCUT2D eigenvalue weighted by atomic mass is 32.1. The minimum Gasteiger partial charge on any atom is -0.370 e. The zero-order valence-electron chi connectivity index (χ0n) is 26.0. The van der Waals surface area contributed by atoms with Crippen molar-refractivity contribution in [3.63, 3.8) is 0 Å². The van der Waals surface area contributed by atoms with Crippen LogP contribution in [0.2, 0.25) is 0 Å². The van der Waals surface area contributed by atoms with Crippen LogP contribution in [0.5, 0.6) is 0 Å². The molecule has 4 heteroatoms. The first-order chi connectivity index (χ1) is 23.8. The van der Waals surface area contributed by atoms with E-state index < -0.39 is 7.92 Å². The Labute approximate surface area is 284 Å². The van der Waals surface area contributed by atoms with Crippen molar-refractivity contribution in [1.82, 2.24) is 5.32 Å². The molecule has 1 aliphatic carbocycles. The third kappa shape index (κ3) is 4.32. The van der Waals surface area contributed by atoms with Crippen LogP contribution in [0.15, 0.2) is 169 Å². The smallest absolute Gasteiger partial charge is 0.0951 e. The lowest BCUT2D eigenvalue weighted by Gasteiger charge is -2.28. The number of rotatable bonds is 5. The van der Waals surface area contributed by atoms with Gasteiger partial charge in [0.2, 0.25) is 0 Å². The first-order valence-corrected chi connectivity index (χ1v) is 18.5. The van der Waals surface area contributed by atoms with Gasteiger partial charge < -0.3 is 5.32 Å². The van der Waals surface area contributed by atoms with Gasteiger partial charge in [0.05, 0.1) is 23.1 Å². The summed E-state index contributed by atoms with van der Waals surface area (Å²) in [6, 6.07) is 59.6. The lowest BCUT2D eigenvalue weighted by Crippen LogP contribution is -2.31. The standard InChI is InChI=1S/C44H29N2PS/c1-5-14-28(15-6-1)41-42(29-16-7-2-8-17-29)46-44-36-27-38-40(34-22-13-23-35(39(34)36)43(44)45-41)33-25-24-32(26-37(33)48-38)47(30-18-9-3-10-19-30)31-20-11-4-12-21-31/h1-27,42,46H. The molecular weight excluding hydrogens is 620 g/mol. The van der Waals surface area contributed by atoms with Gasteiger partial charge in [0, 0.05) is 36.7 Å². The molecule has 2 nitrogen and oxygen atoms in total. The van der Waals surface area contributed by atoms with Gasteiger partial charge >= 0.3 is 0 Å². The predicted octanol–water partition coefficient (Wildman–Crippen LogP) is 9.94. The molecule has 2 aliphatic rings. The highest BCUT2D eigenvalue weighted by Crippen LogP contribution is 2.50. The van der Waals surface area contributed by atoms with Crippen LogP contribution in [-0.2, 0) is 0 Å². The first-order valence-electron chi connectivity index (χ1n) is 16.3. The maximum atomic E-state index is 5.48. The largest absolute Gasteiger partial charge is 0.370 e. The van der Waals surface area contributed by atoms with Crippen molar-refractivity contribution in [1.29, 1.82) is 0 Å². The van der Waals surface area contributed by atoms with Crippen molar-refractivity contribution in [3.8, 4) is 0 Å². The predicted molar refractivity (Wildman–Crippen MR) is 208 cm³/mol. The number of benzene rings is 7. The van der Waals surface area contributed by atoms with Gasteiger partial charge in [-0.05, 0) is 52.5 Å². The summed E-state index contributed by atoms with van der Waals surface area (Å²) in [4.78, 5) is 5.48. The SMILES string of the molecule is c1ccc(C2=NC3=C(NC2c2ccccc2)c2cc4sc5cc(P(c6ccccc6)c6ccccc6)ccc5c4c4cccc3c24)cc1. The van der Waals surface area contributed by atoms with Crippen LogP contribution in [0, 0.1) is 0 Å². The van der Waals surface area contributed by atoms with Crippen molar-refractivity contribution in [2.45, 2.75) is 6.04 Å². The maximum Gasteiger partial charge on any atom is 0.0951 e. The fourth-order valence-electron chi connectivity index (χ4n) is 7.52. The number of hydrogen-bond acceptors (Lipinski definition) is 3. The molecule has 1 aliphatic heterocycles. The van der Waals surface area contributed by atoms with E-state index in [-0.39, 0.29) is 6.04 Å². The summed E-state index contributed by atoms with van der Waals surface area (Å²) in [6.45, 7) is 0. The highest BCUT2D eigenvalue weighted by Gasteiger charge is 2.34. The van der Waals surface area contributed by atoms with E-state index in [1.807, 2.05) is 11.3 Å². The second kappa shape index (κ2) is 11.1. The molecule has 0 amide bonds. The van der Waals surface area contributed by atoms with Crippen LogP contribution >= 0.6 is 19.3 Å². The lowest BCUT2D eigenvalue weighted by atomic mass is 9.94. The van der Waals surface area contributed by atoms with Gasteiger partial charge in [0.1, 0.15) is 0 Å². The van der Waals surface area contributed by atoms with E-state index in [1.165, 1.54) is 63.5 Å². The van der Waals surface area contributed by atoms with E-state index in [0.29, 0.717) is 0 Å². The van der Waals surface area contributed by atoms with E-state index in [1.54, 1.807) is 0 Å². The van der Waals surface area contributed by atoms with E-state index >= 15 is 0 Å². The zero-order chi connectivity index (χ0) is 31.6. The molecule has 0 radical (unpaired) electrons. The minimum absolute atomic E-state index is 0.0485. The summed E-state index contributed by atoms with van der Waals surface area (Å²) in [6.07, 6.45) is 0. The second-order valence-electron chi connectivity index (χ2n) is 12.4. The Hall–Kier alpha value is -5.34. The second-order valence-corrected chi connectivity index (χ2v) is 15.7. The third-order valence-corrected chi connectivity index (χ3v) is 13.1. The van der Waals surface area contributed by atoms with Crippen molar-refractivity contribution >= 4 is 83.2 Å². The summed E-state index contributed by atoms with van der Waals surface area (Å²) in [7, 11) is -0.670. The van der Waals surface area contributed by atoms with Crippen LogP contribution in [0.3, 0.4) is 0 Å². The monoisotopic (exact) mass is 648 g/mol. The van der Waals surface area contributed by atoms with E-state index in [0.717, 1.165) is 22.7 Å². The van der Waals surface area contributed by atoms with Crippen LogP contribution in [0.4, 0.5) is 0 Å². The first kappa shape index (κ1) is 27.7. The Balaban J connectivity index is 1.16. The summed E-state index contributed by atoms with van der Waals surface area (Å²) >= 11 is 1.91. The van der Waals surface area contributed by atoms with E-state index in [4.69, 9.17) is 4.99 Å². The molecule has 1 aromatic heterocycles. The molecule has 10 rings (SSSR count). The third-order valence-electron chi connectivity index (χ3n) is 9.62. The number of nitrogens with zero attached hydrogens (tertiary/aromatic N) is 1. The summed E-state index contributed by atoms with van der Waals surface area (Å²) < 4.78 is 2.65. The molecule has 0 saturated carbocycles. The zero-order valence-corrected chi connectivity index (χ0v) is 27.7. The molecule has 226 valence electrons. The van der Waals surface area contributed by atoms with Crippen molar-refractivity contribution in [2.24, 2.45) is 4.99 Å². The van der Waals surface area contributed by atoms with Crippen LogP contribution in [-0.4, -0.2) is 5.71 Å². The van der Waals surface area contributed by atoms with Gasteiger partial charge in [-0.2, -0.15) is 0 Å². The molecule has 0 fully saturated rings. The van der Waals surface area contributed by atoms with Crippen molar-refractivity contribution in [2.75, 3.05) is 0 Å².